The highest BCUT2D eigenvalue weighted by molar-refractivity contribution is 5.74. The molecule has 1 aromatic rings. The van der Waals surface area contributed by atoms with Crippen LogP contribution in [-0.2, 0) is 11.2 Å². The van der Waals surface area contributed by atoms with Crippen LogP contribution in [0.25, 0.3) is 0 Å². The summed E-state index contributed by atoms with van der Waals surface area (Å²) in [5.74, 6) is 1.08. The Hall–Kier alpha value is -2.32. The molecule has 9 heteroatoms. The Balaban J connectivity index is 1.80. The topological polar surface area (TPSA) is 101 Å². The van der Waals surface area contributed by atoms with E-state index in [9.17, 15) is 9.59 Å². The summed E-state index contributed by atoms with van der Waals surface area (Å²) in [7, 11) is 1.72. The lowest BCUT2D eigenvalue weighted by Crippen LogP contribution is -2.53. The maximum Gasteiger partial charge on any atom is 0.410 e. The zero-order chi connectivity index (χ0) is 19.3. The van der Waals surface area contributed by atoms with Gasteiger partial charge in [-0.2, -0.15) is 4.98 Å². The van der Waals surface area contributed by atoms with Crippen LogP contribution in [0.4, 0.5) is 9.59 Å². The summed E-state index contributed by atoms with van der Waals surface area (Å²) in [6.45, 7) is 8.84. The van der Waals surface area contributed by atoms with Gasteiger partial charge in [0.1, 0.15) is 5.60 Å². The Morgan fingerprint density at radius 1 is 1.42 bits per heavy atom. The van der Waals surface area contributed by atoms with Gasteiger partial charge in [-0.1, -0.05) is 5.16 Å². The molecule has 0 radical (unpaired) electrons. The average Bonchev–Trinajstić information content (AvgIpc) is 2.98. The zero-order valence-electron chi connectivity index (χ0n) is 16.2. The lowest BCUT2D eigenvalue weighted by Gasteiger charge is -2.38. The van der Waals surface area contributed by atoms with Crippen molar-refractivity contribution in [1.82, 2.24) is 25.3 Å². The number of nitrogens with zero attached hydrogens (tertiary/aromatic N) is 4. The van der Waals surface area contributed by atoms with Gasteiger partial charge in [0.05, 0.1) is 6.04 Å². The van der Waals surface area contributed by atoms with Crippen molar-refractivity contribution in [2.75, 3.05) is 26.7 Å². The normalized spacial score (nSPS) is 17.7. The molecule has 146 valence electrons. The summed E-state index contributed by atoms with van der Waals surface area (Å²) in [5, 5.41) is 6.58. The molecule has 2 rings (SSSR count). The average molecular weight is 367 g/mol. The standard InChI is InChI=1S/C17H29N5O4/c1-12-19-14(26-20-12)8-9-18-15(23)22-10-6-7-13(11-22)21(5)16(24)25-17(2,3)4/h13H,6-11H2,1-5H3,(H,18,23). The number of aromatic nitrogens is 2. The van der Waals surface area contributed by atoms with Crippen molar-refractivity contribution in [2.24, 2.45) is 0 Å². The van der Waals surface area contributed by atoms with Crippen LogP contribution in [0.15, 0.2) is 4.52 Å². The molecule has 0 aliphatic carbocycles. The molecule has 1 saturated heterocycles. The molecule has 2 heterocycles. The van der Waals surface area contributed by atoms with E-state index < -0.39 is 5.60 Å². The molecule has 1 fully saturated rings. The van der Waals surface area contributed by atoms with Gasteiger partial charge >= 0.3 is 12.1 Å². The molecule has 0 spiro atoms. The number of carbonyl (C=O) groups excluding carboxylic acids is 2. The second-order valence-corrected chi connectivity index (χ2v) is 7.55. The van der Waals surface area contributed by atoms with Crippen LogP contribution in [0.1, 0.15) is 45.3 Å². The van der Waals surface area contributed by atoms with Gasteiger partial charge in [-0.25, -0.2) is 9.59 Å². The predicted molar refractivity (Wildman–Crippen MR) is 94.7 cm³/mol. The maximum atomic E-state index is 12.4. The Morgan fingerprint density at radius 2 is 2.15 bits per heavy atom. The first-order valence-electron chi connectivity index (χ1n) is 8.93. The Morgan fingerprint density at radius 3 is 2.77 bits per heavy atom. The quantitative estimate of drug-likeness (QED) is 0.873. The van der Waals surface area contributed by atoms with Crippen molar-refractivity contribution in [3.63, 3.8) is 0 Å². The van der Waals surface area contributed by atoms with Crippen LogP contribution in [0, 0.1) is 6.92 Å². The highest BCUT2D eigenvalue weighted by Gasteiger charge is 2.30. The predicted octanol–water partition coefficient (Wildman–Crippen LogP) is 1.96. The number of ether oxygens (including phenoxy) is 1. The summed E-state index contributed by atoms with van der Waals surface area (Å²) >= 11 is 0. The van der Waals surface area contributed by atoms with E-state index in [1.165, 1.54) is 0 Å². The first kappa shape index (κ1) is 20.0. The molecule has 1 N–H and O–H groups in total. The zero-order valence-corrected chi connectivity index (χ0v) is 16.2. The van der Waals surface area contributed by atoms with E-state index in [-0.39, 0.29) is 18.2 Å². The highest BCUT2D eigenvalue weighted by Crippen LogP contribution is 2.18. The molecule has 0 saturated carbocycles. The molecule has 1 unspecified atom stereocenters. The Labute approximate surface area is 154 Å². The van der Waals surface area contributed by atoms with E-state index in [4.69, 9.17) is 9.26 Å². The minimum Gasteiger partial charge on any atom is -0.444 e. The molecule has 1 atom stereocenters. The second-order valence-electron chi connectivity index (χ2n) is 7.55. The molecular weight excluding hydrogens is 338 g/mol. The van der Waals surface area contributed by atoms with Crippen LogP contribution in [-0.4, -0.2) is 70.4 Å². The van der Waals surface area contributed by atoms with Gasteiger partial charge in [0.15, 0.2) is 5.82 Å². The lowest BCUT2D eigenvalue weighted by molar-refractivity contribution is 0.0155. The number of piperidine rings is 1. The monoisotopic (exact) mass is 367 g/mol. The van der Waals surface area contributed by atoms with Crippen molar-refractivity contribution in [2.45, 2.75) is 58.6 Å². The fourth-order valence-electron chi connectivity index (χ4n) is 2.77. The van der Waals surface area contributed by atoms with E-state index in [1.807, 2.05) is 20.8 Å². The molecule has 1 aliphatic rings. The number of urea groups is 1. The fourth-order valence-corrected chi connectivity index (χ4v) is 2.77. The SMILES string of the molecule is Cc1noc(CCNC(=O)N2CCCC(N(C)C(=O)OC(C)(C)C)C2)n1. The summed E-state index contributed by atoms with van der Waals surface area (Å²) in [4.78, 5) is 32.0. The van der Waals surface area contributed by atoms with Crippen LogP contribution in [0.5, 0.6) is 0 Å². The minimum absolute atomic E-state index is 0.0528. The minimum atomic E-state index is -0.538. The first-order chi connectivity index (χ1) is 12.2. The van der Waals surface area contributed by atoms with E-state index in [0.717, 1.165) is 12.8 Å². The highest BCUT2D eigenvalue weighted by atomic mass is 16.6. The number of carbonyl (C=O) groups is 2. The smallest absolute Gasteiger partial charge is 0.410 e. The number of rotatable bonds is 4. The number of hydrogen-bond donors (Lipinski definition) is 1. The Bertz CT molecular complexity index is 625. The van der Waals surface area contributed by atoms with Gasteiger partial charge in [0.2, 0.25) is 5.89 Å². The van der Waals surface area contributed by atoms with Crippen LogP contribution >= 0.6 is 0 Å². The number of amides is 3. The van der Waals surface area contributed by atoms with Crippen LogP contribution in [0.3, 0.4) is 0 Å². The molecule has 1 aliphatic heterocycles. The van der Waals surface area contributed by atoms with Crippen molar-refractivity contribution in [3.8, 4) is 0 Å². The number of hydrogen-bond acceptors (Lipinski definition) is 6. The van der Waals surface area contributed by atoms with Gasteiger partial charge < -0.3 is 24.4 Å². The second kappa shape index (κ2) is 8.37. The number of nitrogens with one attached hydrogen (secondary N) is 1. The number of aryl methyl sites for hydroxylation is 1. The largest absolute Gasteiger partial charge is 0.444 e. The van der Waals surface area contributed by atoms with Crippen molar-refractivity contribution >= 4 is 12.1 Å². The molecule has 26 heavy (non-hydrogen) atoms. The van der Waals surface area contributed by atoms with Crippen LogP contribution in [0.2, 0.25) is 0 Å². The van der Waals surface area contributed by atoms with Gasteiger partial charge in [0.25, 0.3) is 0 Å². The summed E-state index contributed by atoms with van der Waals surface area (Å²) < 4.78 is 10.4. The van der Waals surface area contributed by atoms with Crippen molar-refractivity contribution in [1.29, 1.82) is 0 Å². The summed E-state index contributed by atoms with van der Waals surface area (Å²) in [6.07, 6.45) is 1.81. The van der Waals surface area contributed by atoms with Crippen molar-refractivity contribution in [3.05, 3.63) is 11.7 Å². The molecular formula is C17H29N5O4. The van der Waals surface area contributed by atoms with Gasteiger partial charge in [-0.3, -0.25) is 0 Å². The van der Waals surface area contributed by atoms with E-state index in [1.54, 1.807) is 23.8 Å². The van der Waals surface area contributed by atoms with E-state index in [2.05, 4.69) is 15.5 Å². The summed E-state index contributed by atoms with van der Waals surface area (Å²) in [5.41, 5.74) is -0.538. The molecule has 0 aromatic carbocycles. The maximum absolute atomic E-state index is 12.4. The molecule has 3 amide bonds. The van der Waals surface area contributed by atoms with Crippen LogP contribution < -0.4 is 5.32 Å². The van der Waals surface area contributed by atoms with E-state index >= 15 is 0 Å². The van der Waals surface area contributed by atoms with E-state index in [0.29, 0.717) is 37.8 Å². The molecule has 1 aromatic heterocycles. The number of likely N-dealkylation sites (N-methyl/N-ethyl adjacent to an activating group) is 1. The third kappa shape index (κ3) is 5.89. The first-order valence-corrected chi connectivity index (χ1v) is 8.93. The summed E-state index contributed by atoms with van der Waals surface area (Å²) in [6, 6.07) is -0.202. The Kier molecular flexibility index (Phi) is 6.44. The third-order valence-corrected chi connectivity index (χ3v) is 4.10. The molecule has 0 bridgehead atoms. The van der Waals surface area contributed by atoms with Gasteiger partial charge in [-0.05, 0) is 40.5 Å². The van der Waals surface area contributed by atoms with Gasteiger partial charge in [0, 0.05) is 33.1 Å². The number of likely N-dealkylation sites (tertiary alicyclic amines) is 1. The lowest BCUT2D eigenvalue weighted by atomic mass is 10.1. The van der Waals surface area contributed by atoms with Gasteiger partial charge in [-0.15, -0.1) is 0 Å². The molecule has 9 nitrogen and oxygen atoms in total. The third-order valence-electron chi connectivity index (χ3n) is 4.10. The fraction of sp³-hybridized carbons (Fsp3) is 0.765. The van der Waals surface area contributed by atoms with Crippen molar-refractivity contribution < 1.29 is 18.8 Å².